The van der Waals surface area contributed by atoms with Crippen LogP contribution in [0.4, 0.5) is 0 Å². The zero-order chi connectivity index (χ0) is 11.4. The summed E-state index contributed by atoms with van der Waals surface area (Å²) in [5, 5.41) is 0. The lowest BCUT2D eigenvalue weighted by Gasteiger charge is -2.14. The third kappa shape index (κ3) is 2.84. The van der Waals surface area contributed by atoms with Gasteiger partial charge in [-0.05, 0) is 52.4 Å². The molecule has 0 radical (unpaired) electrons. The number of rotatable bonds is 4. The summed E-state index contributed by atoms with van der Waals surface area (Å²) in [5.41, 5.74) is 3.98. The zero-order valence-corrected chi connectivity index (χ0v) is 10.8. The first-order chi connectivity index (χ1) is 7.79. The molecule has 0 saturated heterocycles. The Kier molecular flexibility index (Phi) is 3.98. The molecule has 1 atom stereocenters. The van der Waals surface area contributed by atoms with Crippen molar-refractivity contribution in [2.24, 2.45) is 5.84 Å². The number of nitrogens with two attached hydrogens (primary N) is 1. The van der Waals surface area contributed by atoms with E-state index in [1.54, 1.807) is 6.26 Å². The number of halogens is 1. The topological polar surface area (TPSA) is 51.2 Å². The van der Waals surface area contributed by atoms with Crippen LogP contribution < -0.4 is 11.3 Å². The van der Waals surface area contributed by atoms with Crippen LogP contribution in [-0.4, -0.2) is 0 Å². The van der Waals surface area contributed by atoms with Gasteiger partial charge in [0.2, 0.25) is 0 Å². The molecular weight excluding hydrogens is 315 g/mol. The quantitative estimate of drug-likeness (QED) is 0.515. The Balaban J connectivity index is 2.13. The molecule has 0 amide bonds. The van der Waals surface area contributed by atoms with Crippen molar-refractivity contribution in [1.29, 1.82) is 0 Å². The van der Waals surface area contributed by atoms with Crippen LogP contribution in [-0.2, 0) is 6.42 Å². The van der Waals surface area contributed by atoms with Gasteiger partial charge in [0.15, 0.2) is 0 Å². The Morgan fingerprint density at radius 2 is 2.00 bits per heavy atom. The van der Waals surface area contributed by atoms with Gasteiger partial charge < -0.3 is 4.42 Å². The highest BCUT2D eigenvalue weighted by atomic mass is 127. The summed E-state index contributed by atoms with van der Waals surface area (Å²) in [6, 6.07) is 12.2. The van der Waals surface area contributed by atoms with Crippen LogP contribution >= 0.6 is 22.6 Å². The largest absolute Gasteiger partial charge is 0.469 e. The molecule has 1 aromatic heterocycles. The van der Waals surface area contributed by atoms with Gasteiger partial charge in [-0.3, -0.25) is 11.3 Å². The second kappa shape index (κ2) is 5.47. The summed E-state index contributed by atoms with van der Waals surface area (Å²) in [6.07, 6.45) is 2.43. The minimum Gasteiger partial charge on any atom is -0.469 e. The molecule has 2 aromatic rings. The molecule has 0 bridgehead atoms. The van der Waals surface area contributed by atoms with E-state index in [4.69, 9.17) is 10.3 Å². The monoisotopic (exact) mass is 328 g/mol. The normalized spacial score (nSPS) is 12.6. The maximum absolute atomic E-state index is 5.57. The van der Waals surface area contributed by atoms with Gasteiger partial charge in [-0.15, -0.1) is 0 Å². The van der Waals surface area contributed by atoms with E-state index >= 15 is 0 Å². The molecule has 1 heterocycles. The van der Waals surface area contributed by atoms with Crippen molar-refractivity contribution in [3.05, 3.63) is 57.6 Å². The molecule has 0 saturated carbocycles. The van der Waals surface area contributed by atoms with Crippen LogP contribution in [0.1, 0.15) is 17.4 Å². The Labute approximate surface area is 108 Å². The van der Waals surface area contributed by atoms with Gasteiger partial charge in [0.05, 0.1) is 12.3 Å². The molecule has 3 nitrogen and oxygen atoms in total. The van der Waals surface area contributed by atoms with Crippen molar-refractivity contribution >= 4 is 22.6 Å². The lowest BCUT2D eigenvalue weighted by molar-refractivity contribution is 0.455. The number of hydrogen-bond acceptors (Lipinski definition) is 3. The van der Waals surface area contributed by atoms with Crippen LogP contribution in [0.25, 0.3) is 0 Å². The van der Waals surface area contributed by atoms with E-state index in [1.807, 2.05) is 12.1 Å². The second-order valence-electron chi connectivity index (χ2n) is 3.55. The predicted molar refractivity (Wildman–Crippen MR) is 71.6 cm³/mol. The number of hydrazine groups is 1. The highest BCUT2D eigenvalue weighted by Crippen LogP contribution is 2.19. The van der Waals surface area contributed by atoms with Gasteiger partial charge in [-0.25, -0.2) is 0 Å². The van der Waals surface area contributed by atoms with E-state index in [0.29, 0.717) is 0 Å². The minimum atomic E-state index is 0.0862. The van der Waals surface area contributed by atoms with Crippen LogP contribution in [0.15, 0.2) is 47.1 Å². The van der Waals surface area contributed by atoms with Gasteiger partial charge in [-0.1, -0.05) is 12.1 Å². The highest BCUT2D eigenvalue weighted by molar-refractivity contribution is 14.1. The van der Waals surface area contributed by atoms with Gasteiger partial charge in [0.1, 0.15) is 5.76 Å². The van der Waals surface area contributed by atoms with Crippen LogP contribution in [0, 0.1) is 3.57 Å². The number of benzene rings is 1. The van der Waals surface area contributed by atoms with Crippen LogP contribution in [0.2, 0.25) is 0 Å². The number of hydrogen-bond donors (Lipinski definition) is 2. The van der Waals surface area contributed by atoms with Crippen molar-refractivity contribution in [3.8, 4) is 0 Å². The maximum atomic E-state index is 5.57. The molecule has 1 aromatic carbocycles. The van der Waals surface area contributed by atoms with Crippen molar-refractivity contribution < 1.29 is 4.42 Å². The van der Waals surface area contributed by atoms with E-state index in [1.165, 1.54) is 9.13 Å². The van der Waals surface area contributed by atoms with Gasteiger partial charge in [-0.2, -0.15) is 0 Å². The maximum Gasteiger partial charge on any atom is 0.105 e. The SMILES string of the molecule is NNC(Cc1ccco1)c1ccc(I)cc1. The Hall–Kier alpha value is -0.850. The zero-order valence-electron chi connectivity index (χ0n) is 8.69. The minimum absolute atomic E-state index is 0.0862. The van der Waals surface area contributed by atoms with E-state index in [0.717, 1.165) is 12.2 Å². The molecule has 1 unspecified atom stereocenters. The molecule has 4 heteroatoms. The smallest absolute Gasteiger partial charge is 0.105 e. The standard InChI is InChI=1S/C12H13IN2O/c13-10-5-3-9(4-6-10)12(15-14)8-11-2-1-7-16-11/h1-7,12,15H,8,14H2. The third-order valence-electron chi connectivity index (χ3n) is 2.46. The second-order valence-corrected chi connectivity index (χ2v) is 4.80. The van der Waals surface area contributed by atoms with Crippen LogP contribution in [0.3, 0.4) is 0 Å². The fourth-order valence-electron chi connectivity index (χ4n) is 1.60. The molecule has 84 valence electrons. The van der Waals surface area contributed by atoms with Gasteiger partial charge >= 0.3 is 0 Å². The van der Waals surface area contributed by atoms with Gasteiger partial charge in [0.25, 0.3) is 0 Å². The van der Waals surface area contributed by atoms with Crippen molar-refractivity contribution in [2.45, 2.75) is 12.5 Å². The van der Waals surface area contributed by atoms with E-state index in [9.17, 15) is 0 Å². The summed E-state index contributed by atoms with van der Waals surface area (Å²) in [6.45, 7) is 0. The summed E-state index contributed by atoms with van der Waals surface area (Å²) in [5.74, 6) is 6.50. The summed E-state index contributed by atoms with van der Waals surface area (Å²) >= 11 is 2.28. The van der Waals surface area contributed by atoms with E-state index < -0.39 is 0 Å². The Morgan fingerprint density at radius 3 is 2.56 bits per heavy atom. The average molecular weight is 328 g/mol. The molecule has 2 rings (SSSR count). The highest BCUT2D eigenvalue weighted by Gasteiger charge is 2.11. The van der Waals surface area contributed by atoms with Crippen molar-refractivity contribution in [1.82, 2.24) is 5.43 Å². The number of nitrogens with one attached hydrogen (secondary N) is 1. The molecule has 0 spiro atoms. The fourth-order valence-corrected chi connectivity index (χ4v) is 1.96. The third-order valence-corrected chi connectivity index (χ3v) is 3.18. The van der Waals surface area contributed by atoms with E-state index in [-0.39, 0.29) is 6.04 Å². The van der Waals surface area contributed by atoms with Crippen LogP contribution in [0.5, 0.6) is 0 Å². The first-order valence-electron chi connectivity index (χ1n) is 5.03. The van der Waals surface area contributed by atoms with Crippen molar-refractivity contribution in [2.75, 3.05) is 0 Å². The summed E-state index contributed by atoms with van der Waals surface area (Å²) in [7, 11) is 0. The average Bonchev–Trinajstić information content (AvgIpc) is 2.80. The lowest BCUT2D eigenvalue weighted by atomic mass is 10.0. The first-order valence-corrected chi connectivity index (χ1v) is 6.11. The molecule has 0 aliphatic rings. The van der Waals surface area contributed by atoms with E-state index in [2.05, 4.69) is 52.3 Å². The Morgan fingerprint density at radius 1 is 1.25 bits per heavy atom. The number of furan rings is 1. The molecule has 3 N–H and O–H groups in total. The Bertz CT molecular complexity index is 425. The van der Waals surface area contributed by atoms with Gasteiger partial charge in [0, 0.05) is 9.99 Å². The molecule has 0 fully saturated rings. The summed E-state index contributed by atoms with van der Waals surface area (Å²) in [4.78, 5) is 0. The van der Waals surface area contributed by atoms with Crippen molar-refractivity contribution in [3.63, 3.8) is 0 Å². The first kappa shape index (κ1) is 11.6. The summed E-state index contributed by atoms with van der Waals surface area (Å²) < 4.78 is 6.53. The predicted octanol–water partition coefficient (Wildman–Crippen LogP) is 2.63. The molecule has 0 aliphatic carbocycles. The molecule has 16 heavy (non-hydrogen) atoms. The molecule has 0 aliphatic heterocycles. The lowest BCUT2D eigenvalue weighted by Crippen LogP contribution is -2.29. The fraction of sp³-hybridized carbons (Fsp3) is 0.167. The molecular formula is C12H13IN2O.